The first-order valence-corrected chi connectivity index (χ1v) is 7.89. The molecule has 122 valence electrons. The van der Waals surface area contributed by atoms with Gasteiger partial charge in [0.2, 0.25) is 0 Å². The lowest BCUT2D eigenvalue weighted by Crippen LogP contribution is -2.41. The van der Waals surface area contributed by atoms with Crippen molar-refractivity contribution in [1.82, 2.24) is 25.0 Å². The van der Waals surface area contributed by atoms with Gasteiger partial charge >= 0.3 is 0 Å². The van der Waals surface area contributed by atoms with Gasteiger partial charge in [-0.05, 0) is 25.5 Å². The standard InChI is InChI=1S/C17H17N5O2/c1-11-9-22-10-13(4-5-16(22)19-11)20-17(23)14-7-15(24-21-14)12-3-2-6-18-8-12/h2-3,6-9,13H,4-5,10H2,1H3,(H,20,23)/t13-/m1/s1. The Morgan fingerprint density at radius 3 is 3.21 bits per heavy atom. The van der Waals surface area contributed by atoms with E-state index in [-0.39, 0.29) is 17.6 Å². The van der Waals surface area contributed by atoms with E-state index in [0.717, 1.165) is 36.5 Å². The normalized spacial score (nSPS) is 16.6. The first kappa shape index (κ1) is 14.6. The fraction of sp³-hybridized carbons (Fsp3) is 0.294. The lowest BCUT2D eigenvalue weighted by Gasteiger charge is -2.24. The molecule has 1 aliphatic rings. The zero-order valence-corrected chi connectivity index (χ0v) is 13.3. The number of hydrogen-bond donors (Lipinski definition) is 1. The number of carbonyl (C=O) groups excluding carboxylic acids is 1. The van der Waals surface area contributed by atoms with Gasteiger partial charge in [0.25, 0.3) is 5.91 Å². The Morgan fingerprint density at radius 2 is 2.38 bits per heavy atom. The van der Waals surface area contributed by atoms with Crippen LogP contribution in [0.25, 0.3) is 11.3 Å². The number of nitrogens with one attached hydrogen (secondary N) is 1. The van der Waals surface area contributed by atoms with Crippen LogP contribution in [0, 0.1) is 6.92 Å². The Balaban J connectivity index is 1.45. The number of rotatable bonds is 3. The monoisotopic (exact) mass is 323 g/mol. The summed E-state index contributed by atoms with van der Waals surface area (Å²) >= 11 is 0. The van der Waals surface area contributed by atoms with Crippen LogP contribution in [-0.2, 0) is 13.0 Å². The smallest absolute Gasteiger partial charge is 0.273 e. The van der Waals surface area contributed by atoms with Gasteiger partial charge in [-0.2, -0.15) is 0 Å². The van der Waals surface area contributed by atoms with Gasteiger partial charge in [0, 0.05) is 49.2 Å². The Hall–Kier alpha value is -2.96. The van der Waals surface area contributed by atoms with Crippen LogP contribution in [0.15, 0.2) is 41.3 Å². The van der Waals surface area contributed by atoms with E-state index in [1.54, 1.807) is 18.5 Å². The molecule has 0 aromatic carbocycles. The molecule has 0 saturated heterocycles. The lowest BCUT2D eigenvalue weighted by molar-refractivity contribution is 0.0918. The fourth-order valence-electron chi connectivity index (χ4n) is 2.99. The predicted molar refractivity (Wildman–Crippen MR) is 86.3 cm³/mol. The molecule has 3 aromatic rings. The van der Waals surface area contributed by atoms with E-state index < -0.39 is 0 Å². The molecule has 0 aliphatic carbocycles. The van der Waals surface area contributed by atoms with E-state index in [2.05, 4.69) is 25.0 Å². The quantitative estimate of drug-likeness (QED) is 0.796. The zero-order chi connectivity index (χ0) is 16.5. The van der Waals surface area contributed by atoms with Crippen molar-refractivity contribution in [2.75, 3.05) is 0 Å². The number of carbonyl (C=O) groups is 1. The maximum Gasteiger partial charge on any atom is 0.273 e. The molecule has 0 radical (unpaired) electrons. The SMILES string of the molecule is Cc1cn2c(n1)CC[C@@H](NC(=O)c1cc(-c3cccnc3)on1)C2. The Bertz CT molecular complexity index is 868. The third-order valence-corrected chi connectivity index (χ3v) is 4.14. The third-order valence-electron chi connectivity index (χ3n) is 4.14. The number of pyridine rings is 1. The highest BCUT2D eigenvalue weighted by Gasteiger charge is 2.23. The van der Waals surface area contributed by atoms with E-state index in [1.165, 1.54) is 0 Å². The van der Waals surface area contributed by atoms with Gasteiger partial charge in [-0.3, -0.25) is 9.78 Å². The molecule has 24 heavy (non-hydrogen) atoms. The number of aromatic nitrogens is 4. The average Bonchev–Trinajstić information content (AvgIpc) is 3.21. The molecule has 0 fully saturated rings. The predicted octanol–water partition coefficient (Wildman–Crippen LogP) is 1.99. The second-order valence-corrected chi connectivity index (χ2v) is 5.98. The summed E-state index contributed by atoms with van der Waals surface area (Å²) < 4.78 is 7.36. The lowest BCUT2D eigenvalue weighted by atomic mass is 10.1. The molecule has 1 aliphatic heterocycles. The van der Waals surface area contributed by atoms with Gasteiger partial charge in [-0.25, -0.2) is 4.98 Å². The number of hydrogen-bond acceptors (Lipinski definition) is 5. The summed E-state index contributed by atoms with van der Waals surface area (Å²) in [4.78, 5) is 20.9. The highest BCUT2D eigenvalue weighted by Crippen LogP contribution is 2.19. The number of imidazole rings is 1. The van der Waals surface area contributed by atoms with Gasteiger partial charge in [0.1, 0.15) is 5.82 Å². The van der Waals surface area contributed by atoms with Gasteiger partial charge < -0.3 is 14.4 Å². The summed E-state index contributed by atoms with van der Waals surface area (Å²) in [6, 6.07) is 5.38. The van der Waals surface area contributed by atoms with E-state index in [9.17, 15) is 4.79 Å². The van der Waals surface area contributed by atoms with E-state index >= 15 is 0 Å². The van der Waals surface area contributed by atoms with Crippen molar-refractivity contribution in [2.45, 2.75) is 32.4 Å². The van der Waals surface area contributed by atoms with Gasteiger partial charge in [-0.1, -0.05) is 5.16 Å². The van der Waals surface area contributed by atoms with Crippen molar-refractivity contribution in [2.24, 2.45) is 0 Å². The Morgan fingerprint density at radius 1 is 1.46 bits per heavy atom. The van der Waals surface area contributed by atoms with Crippen molar-refractivity contribution in [3.63, 3.8) is 0 Å². The van der Waals surface area contributed by atoms with Crippen molar-refractivity contribution in [1.29, 1.82) is 0 Å². The molecular weight excluding hydrogens is 306 g/mol. The number of amides is 1. The molecule has 7 heteroatoms. The van der Waals surface area contributed by atoms with Gasteiger partial charge in [-0.15, -0.1) is 0 Å². The zero-order valence-electron chi connectivity index (χ0n) is 13.3. The van der Waals surface area contributed by atoms with Crippen molar-refractivity contribution >= 4 is 5.91 Å². The van der Waals surface area contributed by atoms with Crippen molar-refractivity contribution < 1.29 is 9.32 Å². The largest absolute Gasteiger partial charge is 0.355 e. The first-order valence-electron chi connectivity index (χ1n) is 7.89. The number of nitrogens with zero attached hydrogens (tertiary/aromatic N) is 4. The highest BCUT2D eigenvalue weighted by molar-refractivity contribution is 5.93. The highest BCUT2D eigenvalue weighted by atomic mass is 16.5. The minimum atomic E-state index is -0.223. The topological polar surface area (TPSA) is 85.8 Å². The van der Waals surface area contributed by atoms with Crippen molar-refractivity contribution in [3.05, 3.63) is 54.0 Å². The van der Waals surface area contributed by atoms with Crippen LogP contribution in [0.5, 0.6) is 0 Å². The molecule has 1 N–H and O–H groups in total. The Labute approximate surface area is 138 Å². The van der Waals surface area contributed by atoms with E-state index in [1.807, 2.05) is 25.3 Å². The second-order valence-electron chi connectivity index (χ2n) is 5.98. The fourth-order valence-corrected chi connectivity index (χ4v) is 2.99. The molecule has 0 spiro atoms. The summed E-state index contributed by atoms with van der Waals surface area (Å²) in [5.74, 6) is 1.39. The molecule has 7 nitrogen and oxygen atoms in total. The molecule has 1 amide bonds. The maximum atomic E-state index is 12.4. The first-order chi connectivity index (χ1) is 11.7. The maximum absolute atomic E-state index is 12.4. The number of fused-ring (bicyclic) bond motifs is 1. The van der Waals surface area contributed by atoms with Crippen LogP contribution in [0.4, 0.5) is 0 Å². The Kier molecular flexibility index (Phi) is 3.60. The van der Waals surface area contributed by atoms with Crippen molar-refractivity contribution in [3.8, 4) is 11.3 Å². The number of aryl methyl sites for hydroxylation is 2. The van der Waals surface area contributed by atoms with Gasteiger partial charge in [0.05, 0.1) is 5.69 Å². The molecule has 4 heterocycles. The summed E-state index contributed by atoms with van der Waals surface area (Å²) in [7, 11) is 0. The summed E-state index contributed by atoms with van der Waals surface area (Å²) in [5, 5.41) is 6.90. The summed E-state index contributed by atoms with van der Waals surface area (Å²) in [6.45, 7) is 2.71. The summed E-state index contributed by atoms with van der Waals surface area (Å²) in [6.07, 6.45) is 7.10. The average molecular weight is 323 g/mol. The van der Waals surface area contributed by atoms with Crippen LogP contribution < -0.4 is 5.32 Å². The molecule has 0 unspecified atom stereocenters. The van der Waals surface area contributed by atoms with Crippen LogP contribution in [0.3, 0.4) is 0 Å². The molecule has 0 bridgehead atoms. The molecule has 0 saturated carbocycles. The minimum Gasteiger partial charge on any atom is -0.355 e. The van der Waals surface area contributed by atoms with Crippen LogP contribution in [-0.4, -0.2) is 31.6 Å². The molecule has 1 atom stereocenters. The van der Waals surface area contributed by atoms with Crippen LogP contribution in [0.1, 0.15) is 28.4 Å². The van der Waals surface area contributed by atoms with E-state index in [0.29, 0.717) is 5.76 Å². The van der Waals surface area contributed by atoms with Crippen LogP contribution in [0.2, 0.25) is 0 Å². The second kappa shape index (κ2) is 5.92. The van der Waals surface area contributed by atoms with Crippen LogP contribution >= 0.6 is 0 Å². The molecular formula is C17H17N5O2. The molecule has 3 aromatic heterocycles. The van der Waals surface area contributed by atoms with E-state index in [4.69, 9.17) is 4.52 Å². The molecule has 4 rings (SSSR count). The summed E-state index contributed by atoms with van der Waals surface area (Å²) in [5.41, 5.74) is 2.08. The minimum absolute atomic E-state index is 0.0668. The third kappa shape index (κ3) is 2.80. The van der Waals surface area contributed by atoms with Gasteiger partial charge in [0.15, 0.2) is 11.5 Å².